The van der Waals surface area contributed by atoms with Crippen LogP contribution in [0.1, 0.15) is 72.9 Å². The van der Waals surface area contributed by atoms with E-state index in [4.69, 9.17) is 21.3 Å². The molecule has 3 heterocycles. The van der Waals surface area contributed by atoms with Crippen molar-refractivity contribution < 1.29 is 45.7 Å². The van der Waals surface area contributed by atoms with E-state index in [1.807, 2.05) is 0 Å². The van der Waals surface area contributed by atoms with E-state index in [1.54, 1.807) is 26.1 Å². The van der Waals surface area contributed by atoms with Gasteiger partial charge in [-0.15, -0.1) is 0 Å². The number of carbonyl (C=O) groups excluding carboxylic acids is 1. The molecule has 3 aromatic heterocycles. The molecule has 0 saturated carbocycles. The number of pyridine rings is 1. The van der Waals surface area contributed by atoms with E-state index in [9.17, 15) is 32.2 Å². The molecule has 0 saturated heterocycles. The number of aliphatic hydroxyl groups excluding tert-OH is 1. The summed E-state index contributed by atoms with van der Waals surface area (Å²) in [6.45, 7) is 3.74. The zero-order chi connectivity index (χ0) is 42.8. The fraction of sp³-hybridized carbons (Fsp3) is 0.350. The Morgan fingerprint density at radius 2 is 1.80 bits per heavy atom. The second-order valence-electron chi connectivity index (χ2n) is 14.7. The Bertz CT molecular complexity index is 2760. The fourth-order valence-corrected chi connectivity index (χ4v) is 8.01. The maximum Gasteiger partial charge on any atom is 0.304 e. The van der Waals surface area contributed by atoms with Gasteiger partial charge in [0.1, 0.15) is 46.8 Å². The molecule has 2 aliphatic carbocycles. The maximum atomic E-state index is 15.8. The summed E-state index contributed by atoms with van der Waals surface area (Å²) >= 11 is 6.61. The van der Waals surface area contributed by atoms with Crippen LogP contribution in [0.25, 0.3) is 22.0 Å². The average molecular weight is 854 g/mol. The Labute approximate surface area is 340 Å². The van der Waals surface area contributed by atoms with Crippen molar-refractivity contribution in [3.8, 4) is 34.8 Å². The number of carbonyl (C=O) groups is 1. The normalized spacial score (nSPS) is 17.5. The topological polar surface area (TPSA) is 173 Å². The smallest absolute Gasteiger partial charge is 0.304 e. The zero-order valence-corrected chi connectivity index (χ0v) is 33.6. The highest BCUT2D eigenvalue weighted by atomic mass is 35.5. The molecular formula is C40H36ClF4N7O6S. The lowest BCUT2D eigenvalue weighted by Gasteiger charge is -2.24. The first-order chi connectivity index (χ1) is 27.6. The van der Waals surface area contributed by atoms with Crippen LogP contribution in [-0.4, -0.2) is 67.5 Å². The molecule has 13 nitrogen and oxygen atoms in total. The highest BCUT2D eigenvalue weighted by molar-refractivity contribution is 7.92. The van der Waals surface area contributed by atoms with Crippen molar-refractivity contribution in [1.82, 2.24) is 29.9 Å². The van der Waals surface area contributed by atoms with E-state index in [-0.39, 0.29) is 57.5 Å². The highest BCUT2D eigenvalue weighted by Crippen LogP contribution is 2.57. The van der Waals surface area contributed by atoms with Gasteiger partial charge in [-0.25, -0.2) is 22.2 Å². The van der Waals surface area contributed by atoms with Gasteiger partial charge in [-0.2, -0.15) is 19.0 Å². The summed E-state index contributed by atoms with van der Waals surface area (Å²) in [5.41, 5.74) is -0.998. The van der Waals surface area contributed by atoms with Crippen LogP contribution in [0.5, 0.6) is 0 Å². The Balaban J connectivity index is 1.38. The number of alkyl halides is 2. The van der Waals surface area contributed by atoms with Crippen molar-refractivity contribution in [2.24, 2.45) is 13.0 Å². The molecule has 0 bridgehead atoms. The van der Waals surface area contributed by atoms with Gasteiger partial charge in [0.25, 0.3) is 0 Å². The number of aryl methyl sites for hydroxylation is 1. The number of aromatic nitrogens is 5. The number of nitrogens with zero attached hydrogens (tertiary/aromatic N) is 5. The first-order valence-corrected chi connectivity index (χ1v) is 20.4. The minimum Gasteiger partial charge on any atom is -0.378 e. The third-order valence-electron chi connectivity index (χ3n) is 9.57. The summed E-state index contributed by atoms with van der Waals surface area (Å²) in [6, 6.07) is 7.75. The van der Waals surface area contributed by atoms with Gasteiger partial charge in [-0.05, 0) is 69.0 Å². The Kier molecular flexibility index (Phi) is 10.8. The predicted octanol–water partition coefficient (Wildman–Crippen LogP) is 5.21. The SMILES string of the molecule is CCOC(O)c1nn(CC(=O)N[C@@H](Cc2cc(F)cc(F)c2)c2nc(C#CC(C)(C)O)ccc2-c2ccc(Cl)c3c(NS(C)(=O)=O)nn(C)c23)c2c1[C@H]1C#C[C@H]1C2(F)F. The van der Waals surface area contributed by atoms with Gasteiger partial charge in [0, 0.05) is 36.4 Å². The summed E-state index contributed by atoms with van der Waals surface area (Å²) in [5, 5.41) is 32.8. The number of amides is 1. The Morgan fingerprint density at radius 1 is 1.10 bits per heavy atom. The molecule has 5 aromatic rings. The van der Waals surface area contributed by atoms with Crippen molar-refractivity contribution in [2.75, 3.05) is 17.6 Å². The molecule has 4 atom stereocenters. The lowest BCUT2D eigenvalue weighted by Crippen LogP contribution is -2.36. The van der Waals surface area contributed by atoms with Gasteiger partial charge in [-0.3, -0.25) is 18.9 Å². The summed E-state index contributed by atoms with van der Waals surface area (Å²) in [7, 11) is -2.27. The number of rotatable bonds is 12. The molecule has 0 spiro atoms. The number of hydrogen-bond donors (Lipinski definition) is 4. The summed E-state index contributed by atoms with van der Waals surface area (Å²) in [4.78, 5) is 18.9. The molecule has 59 heavy (non-hydrogen) atoms. The summed E-state index contributed by atoms with van der Waals surface area (Å²) < 4.78 is 95.3. The number of hydrogen-bond acceptors (Lipinski definition) is 9. The quantitative estimate of drug-likeness (QED) is 0.0747. The second kappa shape index (κ2) is 15.3. The largest absolute Gasteiger partial charge is 0.378 e. The van der Waals surface area contributed by atoms with E-state index < -0.39 is 75.5 Å². The minimum absolute atomic E-state index is 0.0195. The molecule has 2 aromatic carbocycles. The number of fused-ring (bicyclic) bond motifs is 4. The molecule has 1 amide bonds. The molecule has 0 radical (unpaired) electrons. The van der Waals surface area contributed by atoms with E-state index >= 15 is 8.78 Å². The lowest BCUT2D eigenvalue weighted by atomic mass is 9.84. The van der Waals surface area contributed by atoms with E-state index in [1.165, 1.54) is 30.7 Å². The van der Waals surface area contributed by atoms with E-state index in [0.717, 1.165) is 23.1 Å². The number of halogens is 5. The number of aliphatic hydroxyl groups is 2. The average Bonchev–Trinajstić information content (AvgIpc) is 3.67. The summed E-state index contributed by atoms with van der Waals surface area (Å²) in [5.74, 6) is 2.01. The molecular weight excluding hydrogens is 818 g/mol. The third-order valence-corrected chi connectivity index (χ3v) is 10.5. The van der Waals surface area contributed by atoms with Gasteiger partial charge in [0.15, 0.2) is 5.82 Å². The third kappa shape index (κ3) is 8.24. The van der Waals surface area contributed by atoms with Gasteiger partial charge < -0.3 is 20.3 Å². The molecule has 4 N–H and O–H groups in total. The minimum atomic E-state index is -3.82. The molecule has 0 aliphatic heterocycles. The number of ether oxygens (including phenoxy) is 1. The van der Waals surface area contributed by atoms with E-state index in [2.05, 4.69) is 43.9 Å². The van der Waals surface area contributed by atoms with Gasteiger partial charge in [-0.1, -0.05) is 35.4 Å². The molecule has 0 fully saturated rings. The number of benzene rings is 2. The van der Waals surface area contributed by atoms with Crippen LogP contribution in [0.3, 0.4) is 0 Å². The predicted molar refractivity (Wildman–Crippen MR) is 208 cm³/mol. The van der Waals surface area contributed by atoms with Crippen molar-refractivity contribution in [3.05, 3.63) is 93.0 Å². The van der Waals surface area contributed by atoms with Gasteiger partial charge >= 0.3 is 5.92 Å². The van der Waals surface area contributed by atoms with E-state index in [0.29, 0.717) is 22.7 Å². The first kappa shape index (κ1) is 41.7. The fourth-order valence-electron chi connectivity index (χ4n) is 7.28. The van der Waals surface area contributed by atoms with Crippen molar-refractivity contribution in [3.63, 3.8) is 0 Å². The number of anilines is 1. The standard InChI is InChI=1S/C40H36ClF4N7O6S/c1-6-58-38(54)34-31-26-9-11-27(26)40(44,45)36(31)52(48-34)19-30(53)47-29(17-20-15-21(42)18-22(43)16-20)33-24(8-7-23(46-33)13-14-39(2,3)55)25-10-12-28(41)32-35(25)51(4)49-37(32)50-59(5,56)57/h7-8,10,12,15-16,18,26-27,29,38,54-55H,6,17,19H2,1-5H3,(H,47,53)(H,49,50)/t26-,27+,29-,38?/m0/s1. The lowest BCUT2D eigenvalue weighted by molar-refractivity contribution is -0.123. The van der Waals surface area contributed by atoms with Crippen molar-refractivity contribution >= 4 is 44.3 Å². The highest BCUT2D eigenvalue weighted by Gasteiger charge is 2.60. The van der Waals surface area contributed by atoms with Crippen LogP contribution in [0.4, 0.5) is 23.4 Å². The van der Waals surface area contributed by atoms with Gasteiger partial charge in [0.2, 0.25) is 22.2 Å². The van der Waals surface area contributed by atoms with Crippen LogP contribution in [0.2, 0.25) is 5.02 Å². The van der Waals surface area contributed by atoms with Crippen LogP contribution in [0, 0.1) is 41.2 Å². The van der Waals surface area contributed by atoms with Crippen LogP contribution >= 0.6 is 11.6 Å². The summed E-state index contributed by atoms with van der Waals surface area (Å²) in [6.07, 6.45) is -1.03. The number of nitrogens with one attached hydrogen (secondary N) is 2. The van der Waals surface area contributed by atoms with Crippen molar-refractivity contribution in [1.29, 1.82) is 0 Å². The van der Waals surface area contributed by atoms with Gasteiger partial charge in [0.05, 0.1) is 39.8 Å². The zero-order valence-electron chi connectivity index (χ0n) is 32.0. The van der Waals surface area contributed by atoms with Crippen LogP contribution < -0.4 is 10.0 Å². The Hall–Kier alpha value is -5.50. The molecule has 308 valence electrons. The number of sulfonamides is 1. The Morgan fingerprint density at radius 3 is 2.42 bits per heavy atom. The molecule has 19 heteroatoms. The maximum absolute atomic E-state index is 15.8. The van der Waals surface area contributed by atoms with Crippen LogP contribution in [-0.2, 0) is 45.5 Å². The van der Waals surface area contributed by atoms with Crippen LogP contribution in [0.15, 0.2) is 42.5 Å². The van der Waals surface area contributed by atoms with Crippen molar-refractivity contribution in [2.45, 2.75) is 63.5 Å². The first-order valence-electron chi connectivity index (χ1n) is 18.1. The molecule has 7 rings (SSSR count). The molecule has 2 aliphatic rings. The molecule has 1 unspecified atom stereocenters. The second-order valence-corrected chi connectivity index (χ2v) is 16.8. The monoisotopic (exact) mass is 853 g/mol.